The summed E-state index contributed by atoms with van der Waals surface area (Å²) in [5.41, 5.74) is 0.878. The van der Waals surface area contributed by atoms with Crippen LogP contribution in [0.15, 0.2) is 0 Å². The van der Waals surface area contributed by atoms with Crippen molar-refractivity contribution in [3.63, 3.8) is 0 Å². The quantitative estimate of drug-likeness (QED) is 0.371. The first-order chi connectivity index (χ1) is 11.0. The molecule has 0 aliphatic rings. The average molecular weight is 340 g/mol. The van der Waals surface area contributed by atoms with Crippen LogP contribution < -0.4 is 5.32 Å². The van der Waals surface area contributed by atoms with E-state index in [0.717, 1.165) is 24.3 Å². The van der Waals surface area contributed by atoms with Crippen LogP contribution in [-0.4, -0.2) is 12.6 Å². The molecule has 0 heterocycles. The van der Waals surface area contributed by atoms with Gasteiger partial charge in [-0.2, -0.15) is 0 Å². The van der Waals surface area contributed by atoms with E-state index in [1.807, 2.05) is 0 Å². The third-order valence-corrected chi connectivity index (χ3v) is 6.60. The summed E-state index contributed by atoms with van der Waals surface area (Å²) in [6.45, 7) is 25.3. The molecule has 0 fully saturated rings. The van der Waals surface area contributed by atoms with Crippen molar-refractivity contribution in [2.45, 2.75) is 114 Å². The molecule has 0 saturated heterocycles. The molecule has 1 heteroatoms. The maximum absolute atomic E-state index is 3.76. The third-order valence-electron chi connectivity index (χ3n) is 6.60. The molecule has 0 saturated carbocycles. The lowest BCUT2D eigenvalue weighted by Crippen LogP contribution is -2.35. The fourth-order valence-corrected chi connectivity index (χ4v) is 3.90. The third kappa shape index (κ3) is 8.88. The fraction of sp³-hybridized carbons (Fsp3) is 1.00. The molecule has 3 unspecified atom stereocenters. The van der Waals surface area contributed by atoms with Gasteiger partial charge in [0.15, 0.2) is 0 Å². The summed E-state index contributed by atoms with van der Waals surface area (Å²) >= 11 is 0. The zero-order valence-electron chi connectivity index (χ0n) is 18.8. The van der Waals surface area contributed by atoms with E-state index >= 15 is 0 Å². The minimum atomic E-state index is 0.438. The number of hydrogen-bond acceptors (Lipinski definition) is 1. The summed E-state index contributed by atoms with van der Waals surface area (Å²) in [6, 6.07) is 0.689. The van der Waals surface area contributed by atoms with Gasteiger partial charge in [0.25, 0.3) is 0 Å². The van der Waals surface area contributed by atoms with Gasteiger partial charge in [0, 0.05) is 6.04 Å². The summed E-state index contributed by atoms with van der Waals surface area (Å²) in [7, 11) is 0. The van der Waals surface area contributed by atoms with Crippen LogP contribution in [0.3, 0.4) is 0 Å². The summed E-state index contributed by atoms with van der Waals surface area (Å²) in [6.07, 6.45) is 7.90. The highest BCUT2D eigenvalue weighted by molar-refractivity contribution is 4.85. The molecule has 0 aromatic heterocycles. The van der Waals surface area contributed by atoms with Gasteiger partial charge < -0.3 is 5.32 Å². The predicted molar refractivity (Wildman–Crippen MR) is 112 cm³/mol. The van der Waals surface area contributed by atoms with Crippen LogP contribution in [0.25, 0.3) is 0 Å². The standard InChI is InChI=1S/C23H49N/c1-11-13-19(5)23(9,10)20(6)16-22(7,8)15-14-21(12-2)24-17-18(3)4/h18-21,24H,11-17H2,1-10H3. The van der Waals surface area contributed by atoms with Crippen molar-refractivity contribution in [1.82, 2.24) is 5.32 Å². The first-order valence-corrected chi connectivity index (χ1v) is 10.7. The molecule has 0 aromatic rings. The molecular formula is C23H49N. The van der Waals surface area contributed by atoms with Crippen LogP contribution in [0.5, 0.6) is 0 Å². The molecule has 3 atom stereocenters. The van der Waals surface area contributed by atoms with Gasteiger partial charge in [-0.25, -0.2) is 0 Å². The van der Waals surface area contributed by atoms with E-state index in [4.69, 9.17) is 0 Å². The van der Waals surface area contributed by atoms with Gasteiger partial charge in [-0.15, -0.1) is 0 Å². The minimum absolute atomic E-state index is 0.438. The minimum Gasteiger partial charge on any atom is -0.314 e. The molecule has 1 N–H and O–H groups in total. The second kappa shape index (κ2) is 10.8. The topological polar surface area (TPSA) is 12.0 Å². The highest BCUT2D eigenvalue weighted by atomic mass is 14.9. The molecule has 0 bridgehead atoms. The van der Waals surface area contributed by atoms with Gasteiger partial charge in [0.05, 0.1) is 0 Å². The fourth-order valence-electron chi connectivity index (χ4n) is 3.90. The van der Waals surface area contributed by atoms with E-state index in [-0.39, 0.29) is 0 Å². The van der Waals surface area contributed by atoms with Gasteiger partial charge in [-0.3, -0.25) is 0 Å². The number of nitrogens with one attached hydrogen (secondary N) is 1. The summed E-state index contributed by atoms with van der Waals surface area (Å²) in [5, 5.41) is 3.76. The van der Waals surface area contributed by atoms with Crippen molar-refractivity contribution in [3.8, 4) is 0 Å². The molecule has 0 aromatic carbocycles. The smallest absolute Gasteiger partial charge is 0.00647 e. The SMILES string of the molecule is CCCC(C)C(C)(C)C(C)CC(C)(C)CCC(CC)NCC(C)C. The molecule has 0 spiro atoms. The van der Waals surface area contributed by atoms with Crippen LogP contribution in [0.4, 0.5) is 0 Å². The number of hydrogen-bond donors (Lipinski definition) is 1. The van der Waals surface area contributed by atoms with Gasteiger partial charge in [0.2, 0.25) is 0 Å². The Kier molecular flexibility index (Phi) is 10.8. The van der Waals surface area contributed by atoms with Crippen LogP contribution in [0, 0.1) is 28.6 Å². The van der Waals surface area contributed by atoms with Crippen molar-refractivity contribution >= 4 is 0 Å². The zero-order chi connectivity index (χ0) is 19.0. The Morgan fingerprint density at radius 3 is 1.88 bits per heavy atom. The highest BCUT2D eigenvalue weighted by Crippen LogP contribution is 2.44. The molecule has 24 heavy (non-hydrogen) atoms. The van der Waals surface area contributed by atoms with E-state index in [1.165, 1.54) is 38.5 Å². The maximum Gasteiger partial charge on any atom is 0.00647 e. The first-order valence-electron chi connectivity index (χ1n) is 10.7. The van der Waals surface area contributed by atoms with Crippen LogP contribution >= 0.6 is 0 Å². The van der Waals surface area contributed by atoms with Gasteiger partial charge in [0.1, 0.15) is 0 Å². The Bertz CT molecular complexity index is 316. The summed E-state index contributed by atoms with van der Waals surface area (Å²) in [5.74, 6) is 2.33. The lowest BCUT2D eigenvalue weighted by atomic mass is 9.64. The van der Waals surface area contributed by atoms with Gasteiger partial charge in [-0.05, 0) is 60.8 Å². The maximum atomic E-state index is 3.76. The van der Waals surface area contributed by atoms with Crippen LogP contribution in [0.2, 0.25) is 0 Å². The molecule has 146 valence electrons. The monoisotopic (exact) mass is 339 g/mol. The molecule has 1 nitrogen and oxygen atoms in total. The van der Waals surface area contributed by atoms with Crippen molar-refractivity contribution in [3.05, 3.63) is 0 Å². The summed E-state index contributed by atoms with van der Waals surface area (Å²) < 4.78 is 0. The van der Waals surface area contributed by atoms with Gasteiger partial charge in [-0.1, -0.05) is 82.1 Å². The van der Waals surface area contributed by atoms with E-state index in [2.05, 4.69) is 74.6 Å². The summed E-state index contributed by atoms with van der Waals surface area (Å²) in [4.78, 5) is 0. The zero-order valence-corrected chi connectivity index (χ0v) is 18.8. The number of rotatable bonds is 13. The molecule has 0 aliphatic heterocycles. The second-order valence-corrected chi connectivity index (χ2v) is 10.2. The van der Waals surface area contributed by atoms with E-state index < -0.39 is 0 Å². The Morgan fingerprint density at radius 1 is 0.833 bits per heavy atom. The second-order valence-electron chi connectivity index (χ2n) is 10.2. The Hall–Kier alpha value is -0.0400. The average Bonchev–Trinajstić information content (AvgIpc) is 2.46. The lowest BCUT2D eigenvalue weighted by Gasteiger charge is -2.42. The van der Waals surface area contributed by atoms with Crippen LogP contribution in [0.1, 0.15) is 108 Å². The van der Waals surface area contributed by atoms with E-state index in [9.17, 15) is 0 Å². The Balaban J connectivity index is 4.55. The van der Waals surface area contributed by atoms with Gasteiger partial charge >= 0.3 is 0 Å². The molecule has 0 rings (SSSR count). The van der Waals surface area contributed by atoms with Crippen LogP contribution in [-0.2, 0) is 0 Å². The molecule has 0 aliphatic carbocycles. The largest absolute Gasteiger partial charge is 0.314 e. The van der Waals surface area contributed by atoms with E-state index in [0.29, 0.717) is 16.9 Å². The lowest BCUT2D eigenvalue weighted by molar-refractivity contribution is 0.0846. The van der Waals surface area contributed by atoms with Crippen molar-refractivity contribution < 1.29 is 0 Å². The normalized spacial score (nSPS) is 17.1. The predicted octanol–water partition coefficient (Wildman–Crippen LogP) is 7.31. The Labute approximate surface area is 154 Å². The molecular weight excluding hydrogens is 290 g/mol. The van der Waals surface area contributed by atoms with Crippen molar-refractivity contribution in [1.29, 1.82) is 0 Å². The Morgan fingerprint density at radius 2 is 1.42 bits per heavy atom. The van der Waals surface area contributed by atoms with Crippen molar-refractivity contribution in [2.75, 3.05) is 6.54 Å². The van der Waals surface area contributed by atoms with E-state index in [1.54, 1.807) is 0 Å². The van der Waals surface area contributed by atoms with Crippen molar-refractivity contribution in [2.24, 2.45) is 28.6 Å². The first kappa shape index (κ1) is 24.0. The molecule has 0 radical (unpaired) electrons. The molecule has 0 amide bonds. The highest BCUT2D eigenvalue weighted by Gasteiger charge is 2.34.